The lowest BCUT2D eigenvalue weighted by molar-refractivity contribution is 0.150. The molecule has 0 saturated carbocycles. The maximum atomic E-state index is 10.8. The molecule has 190 valence electrons. The van der Waals surface area contributed by atoms with Crippen molar-refractivity contribution < 1.29 is 15.3 Å². The molecular formula is C32H39NO3. The summed E-state index contributed by atoms with van der Waals surface area (Å²) in [7, 11) is 0. The molecule has 4 nitrogen and oxygen atoms in total. The quantitative estimate of drug-likeness (QED) is 0.344. The summed E-state index contributed by atoms with van der Waals surface area (Å²) in [5, 5.41) is 31.8. The molecule has 1 aliphatic rings. The van der Waals surface area contributed by atoms with Gasteiger partial charge in [-0.05, 0) is 66.5 Å². The fraction of sp³-hybridized carbons (Fsp3) is 0.375. The highest BCUT2D eigenvalue weighted by Gasteiger charge is 2.26. The van der Waals surface area contributed by atoms with E-state index in [9.17, 15) is 15.3 Å². The van der Waals surface area contributed by atoms with Gasteiger partial charge >= 0.3 is 0 Å². The highest BCUT2D eigenvalue weighted by Crippen LogP contribution is 2.42. The second-order valence-electron chi connectivity index (χ2n) is 10.9. The minimum atomic E-state index is -0.755. The third-order valence-corrected chi connectivity index (χ3v) is 7.19. The van der Waals surface area contributed by atoms with Gasteiger partial charge in [-0.3, -0.25) is 0 Å². The van der Waals surface area contributed by atoms with E-state index >= 15 is 0 Å². The molecule has 0 aromatic heterocycles. The van der Waals surface area contributed by atoms with Gasteiger partial charge in [0.2, 0.25) is 0 Å². The van der Waals surface area contributed by atoms with Crippen molar-refractivity contribution in [2.75, 3.05) is 19.6 Å². The average molecular weight is 486 g/mol. The van der Waals surface area contributed by atoms with Gasteiger partial charge < -0.3 is 20.2 Å². The molecule has 3 N–H and O–H groups in total. The van der Waals surface area contributed by atoms with E-state index in [2.05, 4.69) is 65.6 Å². The van der Waals surface area contributed by atoms with Gasteiger partial charge in [0.05, 0.1) is 6.10 Å². The minimum Gasteiger partial charge on any atom is -0.508 e. The van der Waals surface area contributed by atoms with E-state index in [1.165, 1.54) is 22.3 Å². The Hall–Kier alpha value is -3.08. The summed E-state index contributed by atoms with van der Waals surface area (Å²) < 4.78 is 0. The molecule has 0 radical (unpaired) electrons. The Labute approximate surface area is 215 Å². The van der Waals surface area contributed by atoms with Gasteiger partial charge in [-0.1, -0.05) is 87.0 Å². The number of rotatable bonds is 7. The smallest absolute Gasteiger partial charge is 0.128 e. The second kappa shape index (κ2) is 11.3. The van der Waals surface area contributed by atoms with Crippen LogP contribution < -0.4 is 0 Å². The first-order chi connectivity index (χ1) is 17.3. The number of hydrogen-bond acceptors (Lipinski definition) is 4. The molecule has 36 heavy (non-hydrogen) atoms. The number of phenols is 2. The monoisotopic (exact) mass is 485 g/mol. The van der Waals surface area contributed by atoms with Gasteiger partial charge in [0.25, 0.3) is 0 Å². The van der Waals surface area contributed by atoms with Gasteiger partial charge in [-0.2, -0.15) is 0 Å². The van der Waals surface area contributed by atoms with Crippen molar-refractivity contribution in [2.24, 2.45) is 0 Å². The summed E-state index contributed by atoms with van der Waals surface area (Å²) in [6.45, 7) is 8.76. The van der Waals surface area contributed by atoms with Crippen LogP contribution in [0.3, 0.4) is 0 Å². The first-order valence-corrected chi connectivity index (χ1v) is 13.0. The van der Waals surface area contributed by atoms with Crippen molar-refractivity contribution in [2.45, 2.75) is 58.0 Å². The molecule has 1 heterocycles. The Morgan fingerprint density at radius 1 is 0.833 bits per heavy atom. The molecule has 0 aliphatic carbocycles. The van der Waals surface area contributed by atoms with E-state index in [4.69, 9.17) is 0 Å². The van der Waals surface area contributed by atoms with Gasteiger partial charge in [-0.25, -0.2) is 0 Å². The second-order valence-corrected chi connectivity index (χ2v) is 10.9. The first-order valence-electron chi connectivity index (χ1n) is 13.0. The number of aromatic hydroxyl groups is 2. The Bertz CT molecular complexity index is 1130. The molecule has 1 aliphatic heterocycles. The molecule has 4 rings (SSSR count). The fourth-order valence-corrected chi connectivity index (χ4v) is 5.35. The van der Waals surface area contributed by atoms with Crippen molar-refractivity contribution >= 4 is 5.57 Å². The van der Waals surface area contributed by atoms with E-state index in [1.54, 1.807) is 12.1 Å². The molecule has 0 bridgehead atoms. The third-order valence-electron chi connectivity index (χ3n) is 7.19. The lowest BCUT2D eigenvalue weighted by Crippen LogP contribution is -2.32. The third kappa shape index (κ3) is 6.00. The highest BCUT2D eigenvalue weighted by molar-refractivity contribution is 5.82. The van der Waals surface area contributed by atoms with E-state index in [0.29, 0.717) is 17.5 Å². The zero-order chi connectivity index (χ0) is 25.7. The molecule has 1 unspecified atom stereocenters. The van der Waals surface area contributed by atoms with Crippen LogP contribution in [0.5, 0.6) is 11.5 Å². The maximum absolute atomic E-state index is 10.8. The van der Waals surface area contributed by atoms with Gasteiger partial charge in [0.15, 0.2) is 0 Å². The largest absolute Gasteiger partial charge is 0.508 e. The summed E-state index contributed by atoms with van der Waals surface area (Å²) in [4.78, 5) is 2.47. The Morgan fingerprint density at radius 2 is 1.39 bits per heavy atom. The average Bonchev–Trinajstić information content (AvgIpc) is 2.86. The normalized spacial score (nSPS) is 15.6. The SMILES string of the molecule is CC(C)(C)c1c(O)ccc(C(O)CCCN2CCC(=C(c3ccccc3)c3ccccc3)CC2)c1O. The molecule has 3 aromatic carbocycles. The molecule has 0 amide bonds. The maximum Gasteiger partial charge on any atom is 0.128 e. The minimum absolute atomic E-state index is 0.0112. The van der Waals surface area contributed by atoms with Crippen LogP contribution >= 0.6 is 0 Å². The van der Waals surface area contributed by atoms with Crippen LogP contribution in [0.1, 0.15) is 74.8 Å². The number of nitrogens with zero attached hydrogens (tertiary/aromatic N) is 1. The van der Waals surface area contributed by atoms with Gasteiger partial charge in [0.1, 0.15) is 11.5 Å². The number of likely N-dealkylation sites (tertiary alicyclic amines) is 1. The van der Waals surface area contributed by atoms with Gasteiger partial charge in [-0.15, -0.1) is 0 Å². The summed E-state index contributed by atoms with van der Waals surface area (Å²) in [6, 6.07) is 24.6. The topological polar surface area (TPSA) is 63.9 Å². The number of aliphatic hydroxyl groups is 1. The van der Waals surface area contributed by atoms with Crippen LogP contribution in [0.2, 0.25) is 0 Å². The molecule has 0 spiro atoms. The van der Waals surface area contributed by atoms with Crippen LogP contribution in [-0.4, -0.2) is 39.9 Å². The number of aliphatic hydroxyl groups excluding tert-OH is 1. The molecular weight excluding hydrogens is 446 g/mol. The Morgan fingerprint density at radius 3 is 1.92 bits per heavy atom. The van der Waals surface area contributed by atoms with E-state index in [0.717, 1.165) is 38.9 Å². The summed E-state index contributed by atoms with van der Waals surface area (Å²) >= 11 is 0. The molecule has 1 atom stereocenters. The Kier molecular flexibility index (Phi) is 8.17. The van der Waals surface area contributed by atoms with Gasteiger partial charge in [0, 0.05) is 24.2 Å². The molecule has 3 aromatic rings. The van der Waals surface area contributed by atoms with Crippen LogP contribution in [-0.2, 0) is 5.41 Å². The molecule has 1 saturated heterocycles. The van der Waals surface area contributed by atoms with E-state index in [1.807, 2.05) is 20.8 Å². The number of phenolic OH excluding ortho intramolecular Hbond substituents is 2. The number of benzene rings is 3. The van der Waals surface area contributed by atoms with Crippen molar-refractivity contribution in [1.82, 2.24) is 4.90 Å². The van der Waals surface area contributed by atoms with E-state index < -0.39 is 11.5 Å². The predicted octanol–water partition coefficient (Wildman–Crippen LogP) is 6.81. The number of hydrogen-bond donors (Lipinski definition) is 3. The zero-order valence-corrected chi connectivity index (χ0v) is 21.7. The van der Waals surface area contributed by atoms with Crippen molar-refractivity contribution in [1.29, 1.82) is 0 Å². The lowest BCUT2D eigenvalue weighted by atomic mass is 9.83. The fourth-order valence-electron chi connectivity index (χ4n) is 5.35. The number of piperidine rings is 1. The highest BCUT2D eigenvalue weighted by atomic mass is 16.3. The predicted molar refractivity (Wildman–Crippen MR) is 147 cm³/mol. The van der Waals surface area contributed by atoms with Crippen LogP contribution in [0.15, 0.2) is 78.4 Å². The van der Waals surface area contributed by atoms with Crippen molar-refractivity contribution in [3.8, 4) is 11.5 Å². The summed E-state index contributed by atoms with van der Waals surface area (Å²) in [5.41, 5.74) is 5.99. The summed E-state index contributed by atoms with van der Waals surface area (Å²) in [5.74, 6) is 0.0793. The molecule has 1 fully saturated rings. The van der Waals surface area contributed by atoms with Crippen LogP contribution in [0, 0.1) is 0 Å². The van der Waals surface area contributed by atoms with Crippen LogP contribution in [0.25, 0.3) is 5.57 Å². The Balaban J connectivity index is 1.38. The summed E-state index contributed by atoms with van der Waals surface area (Å²) in [6.07, 6.45) is 2.73. The van der Waals surface area contributed by atoms with E-state index in [-0.39, 0.29) is 11.5 Å². The standard InChI is InChI=1S/C32H39NO3/c1-32(2,3)30-28(35)17-16-26(31(30)36)27(34)15-10-20-33-21-18-25(19-22-33)29(23-11-6-4-7-12-23)24-13-8-5-9-14-24/h4-9,11-14,16-17,27,34-36H,10,15,18-22H2,1-3H3. The zero-order valence-electron chi connectivity index (χ0n) is 21.7. The first kappa shape index (κ1) is 26.0. The van der Waals surface area contributed by atoms with Crippen molar-refractivity contribution in [3.63, 3.8) is 0 Å². The lowest BCUT2D eigenvalue weighted by Gasteiger charge is -2.30. The molecule has 4 heteroatoms. The van der Waals surface area contributed by atoms with Crippen molar-refractivity contribution in [3.05, 3.63) is 101 Å². The van der Waals surface area contributed by atoms with Crippen LogP contribution in [0.4, 0.5) is 0 Å².